The Morgan fingerprint density at radius 2 is 2.25 bits per heavy atom. The smallest absolute Gasteiger partial charge is 0.260 e. The van der Waals surface area contributed by atoms with Crippen molar-refractivity contribution >= 4 is 17.5 Å². The fourth-order valence-corrected chi connectivity index (χ4v) is 2.26. The Kier molecular flexibility index (Phi) is 5.26. The van der Waals surface area contributed by atoms with Crippen molar-refractivity contribution in [2.75, 3.05) is 20.2 Å². The molecule has 110 valence electrons. The molecule has 0 aromatic heterocycles. The van der Waals surface area contributed by atoms with Crippen LogP contribution in [0.4, 0.5) is 0 Å². The first-order chi connectivity index (χ1) is 9.63. The second kappa shape index (κ2) is 6.95. The van der Waals surface area contributed by atoms with Gasteiger partial charge in [0.1, 0.15) is 5.75 Å². The third-order valence-electron chi connectivity index (χ3n) is 3.44. The molecule has 1 fully saturated rings. The van der Waals surface area contributed by atoms with Crippen molar-refractivity contribution in [2.45, 2.75) is 32.4 Å². The third kappa shape index (κ3) is 3.87. The maximum Gasteiger partial charge on any atom is 0.260 e. The molecule has 0 spiro atoms. The first-order valence-corrected chi connectivity index (χ1v) is 7.37. The summed E-state index contributed by atoms with van der Waals surface area (Å²) in [5, 5.41) is 3.78. The predicted molar refractivity (Wildman–Crippen MR) is 80.1 cm³/mol. The average molecular weight is 297 g/mol. The standard InChI is InChI=1S/C15H21ClN2O2/c1-3-17-9-11-5-4-6-13(16)15(11)20-10-14(19)18(2)12-7-8-12/h4-6,12,17H,3,7-10H2,1-2H3. The molecule has 0 heterocycles. The van der Waals surface area contributed by atoms with E-state index in [1.54, 1.807) is 11.0 Å². The molecule has 5 heteroatoms. The lowest BCUT2D eigenvalue weighted by molar-refractivity contribution is -0.132. The number of nitrogens with one attached hydrogen (secondary N) is 1. The molecule has 1 amide bonds. The summed E-state index contributed by atoms with van der Waals surface area (Å²) in [5.74, 6) is 0.606. The Balaban J connectivity index is 1.98. The zero-order valence-corrected chi connectivity index (χ0v) is 12.7. The number of halogens is 1. The van der Waals surface area contributed by atoms with Crippen molar-refractivity contribution in [2.24, 2.45) is 0 Å². The van der Waals surface area contributed by atoms with E-state index in [-0.39, 0.29) is 12.5 Å². The van der Waals surface area contributed by atoms with Gasteiger partial charge in [-0.2, -0.15) is 0 Å². The minimum Gasteiger partial charge on any atom is -0.482 e. The van der Waals surface area contributed by atoms with Crippen LogP contribution >= 0.6 is 11.6 Å². The minimum absolute atomic E-state index is 0.00169. The van der Waals surface area contributed by atoms with Gasteiger partial charge in [-0.3, -0.25) is 4.79 Å². The summed E-state index contributed by atoms with van der Waals surface area (Å²) in [6, 6.07) is 6.03. The summed E-state index contributed by atoms with van der Waals surface area (Å²) in [6.07, 6.45) is 2.19. The van der Waals surface area contributed by atoms with Crippen molar-refractivity contribution in [3.05, 3.63) is 28.8 Å². The van der Waals surface area contributed by atoms with Crippen molar-refractivity contribution in [1.29, 1.82) is 0 Å². The highest BCUT2D eigenvalue weighted by atomic mass is 35.5. The molecule has 2 rings (SSSR count). The quantitative estimate of drug-likeness (QED) is 0.840. The van der Waals surface area contributed by atoms with Gasteiger partial charge in [-0.15, -0.1) is 0 Å². The summed E-state index contributed by atoms with van der Waals surface area (Å²) in [6.45, 7) is 3.63. The number of para-hydroxylation sites is 1. The van der Waals surface area contributed by atoms with Gasteiger partial charge in [-0.05, 0) is 25.5 Å². The fourth-order valence-electron chi connectivity index (χ4n) is 2.02. The number of hydrogen-bond donors (Lipinski definition) is 1. The largest absolute Gasteiger partial charge is 0.482 e. The molecule has 1 saturated carbocycles. The summed E-state index contributed by atoms with van der Waals surface area (Å²) in [4.78, 5) is 13.7. The average Bonchev–Trinajstić information content (AvgIpc) is 3.27. The molecular weight excluding hydrogens is 276 g/mol. The topological polar surface area (TPSA) is 41.6 Å². The molecule has 1 N–H and O–H groups in total. The van der Waals surface area contributed by atoms with Crippen LogP contribution in [0.25, 0.3) is 0 Å². The van der Waals surface area contributed by atoms with Crippen LogP contribution in [0.5, 0.6) is 5.75 Å². The second-order valence-corrected chi connectivity index (χ2v) is 5.44. The highest BCUT2D eigenvalue weighted by Crippen LogP contribution is 2.29. The number of benzene rings is 1. The summed E-state index contributed by atoms with van der Waals surface area (Å²) in [7, 11) is 1.83. The Morgan fingerprint density at radius 1 is 1.50 bits per heavy atom. The molecule has 0 aliphatic heterocycles. The molecule has 0 saturated heterocycles. The van der Waals surface area contributed by atoms with Gasteiger partial charge in [-0.1, -0.05) is 30.7 Å². The summed E-state index contributed by atoms with van der Waals surface area (Å²) < 4.78 is 5.66. The SMILES string of the molecule is CCNCc1cccc(Cl)c1OCC(=O)N(C)C1CC1. The zero-order chi connectivity index (χ0) is 14.5. The Morgan fingerprint density at radius 3 is 2.90 bits per heavy atom. The maximum absolute atomic E-state index is 12.0. The first kappa shape index (κ1) is 15.1. The Hall–Kier alpha value is -1.26. The van der Waals surface area contributed by atoms with E-state index >= 15 is 0 Å². The number of hydrogen-bond acceptors (Lipinski definition) is 3. The Bertz CT molecular complexity index is 475. The number of carbonyl (C=O) groups is 1. The van der Waals surface area contributed by atoms with Crippen molar-refractivity contribution in [3.8, 4) is 5.75 Å². The highest BCUT2D eigenvalue weighted by Gasteiger charge is 2.29. The molecule has 0 atom stereocenters. The van der Waals surface area contributed by atoms with Crippen molar-refractivity contribution in [3.63, 3.8) is 0 Å². The van der Waals surface area contributed by atoms with Crippen LogP contribution in [-0.2, 0) is 11.3 Å². The zero-order valence-electron chi connectivity index (χ0n) is 12.0. The molecule has 1 aliphatic carbocycles. The summed E-state index contributed by atoms with van der Waals surface area (Å²) in [5.41, 5.74) is 0.973. The van der Waals surface area contributed by atoms with E-state index in [0.717, 1.165) is 24.9 Å². The van der Waals surface area contributed by atoms with Crippen LogP contribution < -0.4 is 10.1 Å². The minimum atomic E-state index is 0.00169. The number of carbonyl (C=O) groups excluding carboxylic acids is 1. The van der Waals surface area contributed by atoms with Gasteiger partial charge >= 0.3 is 0 Å². The Labute approximate surface area is 125 Å². The number of amides is 1. The lowest BCUT2D eigenvalue weighted by atomic mass is 10.2. The van der Waals surface area contributed by atoms with Gasteiger partial charge in [0.15, 0.2) is 6.61 Å². The van der Waals surface area contributed by atoms with E-state index in [1.165, 1.54) is 0 Å². The molecule has 0 bridgehead atoms. The highest BCUT2D eigenvalue weighted by molar-refractivity contribution is 6.32. The number of ether oxygens (including phenoxy) is 1. The van der Waals surface area contributed by atoms with E-state index < -0.39 is 0 Å². The molecule has 20 heavy (non-hydrogen) atoms. The molecule has 1 aromatic carbocycles. The van der Waals surface area contributed by atoms with E-state index in [1.807, 2.05) is 26.1 Å². The van der Waals surface area contributed by atoms with Crippen LogP contribution in [-0.4, -0.2) is 37.0 Å². The van der Waals surface area contributed by atoms with Crippen LogP contribution in [0.2, 0.25) is 5.02 Å². The molecule has 0 radical (unpaired) electrons. The van der Waals surface area contributed by atoms with E-state index in [9.17, 15) is 4.79 Å². The normalized spacial score (nSPS) is 14.2. The number of nitrogens with zero attached hydrogens (tertiary/aromatic N) is 1. The van der Waals surface area contributed by atoms with Crippen molar-refractivity contribution < 1.29 is 9.53 Å². The molecular formula is C15H21ClN2O2. The van der Waals surface area contributed by atoms with Crippen molar-refractivity contribution in [1.82, 2.24) is 10.2 Å². The number of rotatable bonds is 7. The van der Waals surface area contributed by atoms with Crippen LogP contribution in [0, 0.1) is 0 Å². The van der Waals surface area contributed by atoms with Gasteiger partial charge < -0.3 is 15.0 Å². The maximum atomic E-state index is 12.0. The van der Waals surface area contributed by atoms with Crippen LogP contribution in [0.15, 0.2) is 18.2 Å². The van der Waals surface area contributed by atoms with Crippen LogP contribution in [0.1, 0.15) is 25.3 Å². The van der Waals surface area contributed by atoms with Gasteiger partial charge in [0.05, 0.1) is 5.02 Å². The first-order valence-electron chi connectivity index (χ1n) is 7.00. The molecule has 4 nitrogen and oxygen atoms in total. The summed E-state index contributed by atoms with van der Waals surface area (Å²) >= 11 is 6.17. The van der Waals surface area contributed by atoms with Gasteiger partial charge in [0, 0.05) is 25.2 Å². The number of likely N-dealkylation sites (N-methyl/N-ethyl adjacent to an activating group) is 1. The lowest BCUT2D eigenvalue weighted by Crippen LogP contribution is -2.33. The van der Waals surface area contributed by atoms with E-state index in [0.29, 0.717) is 23.4 Å². The van der Waals surface area contributed by atoms with Gasteiger partial charge in [0.25, 0.3) is 5.91 Å². The van der Waals surface area contributed by atoms with Crippen LogP contribution in [0.3, 0.4) is 0 Å². The van der Waals surface area contributed by atoms with Gasteiger partial charge in [-0.25, -0.2) is 0 Å². The third-order valence-corrected chi connectivity index (χ3v) is 3.74. The predicted octanol–water partition coefficient (Wildman–Crippen LogP) is 2.45. The molecule has 1 aliphatic rings. The van der Waals surface area contributed by atoms with E-state index in [2.05, 4.69) is 5.32 Å². The second-order valence-electron chi connectivity index (χ2n) is 5.03. The van der Waals surface area contributed by atoms with Gasteiger partial charge in [0.2, 0.25) is 0 Å². The molecule has 0 unspecified atom stereocenters. The lowest BCUT2D eigenvalue weighted by Gasteiger charge is -2.18. The van der Waals surface area contributed by atoms with E-state index in [4.69, 9.17) is 16.3 Å². The fraction of sp³-hybridized carbons (Fsp3) is 0.533. The monoisotopic (exact) mass is 296 g/mol. The molecule has 1 aromatic rings.